The zero-order chi connectivity index (χ0) is 101. The highest BCUT2D eigenvalue weighted by atomic mass is 15.0. The Morgan fingerprint density at radius 1 is 0.167 bits per heavy atom. The van der Waals surface area contributed by atoms with E-state index >= 15 is 0 Å². The number of aromatic nitrogens is 6. The molecule has 0 N–H and O–H groups in total. The highest BCUT2D eigenvalue weighted by molar-refractivity contribution is 6.17. The van der Waals surface area contributed by atoms with Crippen LogP contribution in [-0.2, 0) is 0 Å². The molecular formula is C135H75N15. The van der Waals surface area contributed by atoms with E-state index in [1.807, 2.05) is 146 Å². The van der Waals surface area contributed by atoms with E-state index in [0.717, 1.165) is 199 Å². The van der Waals surface area contributed by atoms with Gasteiger partial charge in [-0.2, -0.15) is 36.8 Å². The van der Waals surface area contributed by atoms with Crippen molar-refractivity contribution < 1.29 is 0 Å². The van der Waals surface area contributed by atoms with Crippen LogP contribution in [0.2, 0.25) is 0 Å². The monoisotopic (exact) mass is 1910 g/mol. The quantitative estimate of drug-likeness (QED) is 0.108. The molecule has 0 aliphatic heterocycles. The smallest absolute Gasteiger partial charge is 0.189 e. The van der Waals surface area contributed by atoms with Crippen LogP contribution in [0, 0.1) is 92.5 Å². The van der Waals surface area contributed by atoms with Crippen LogP contribution in [0.1, 0.15) is 38.9 Å². The van der Waals surface area contributed by atoms with E-state index in [-0.39, 0.29) is 0 Å². The van der Waals surface area contributed by atoms with Gasteiger partial charge < -0.3 is 27.4 Å². The molecule has 0 aliphatic carbocycles. The van der Waals surface area contributed by atoms with Crippen molar-refractivity contribution in [3.63, 3.8) is 0 Å². The molecule has 0 bridgehead atoms. The van der Waals surface area contributed by atoms with Crippen molar-refractivity contribution >= 4 is 142 Å². The maximum Gasteiger partial charge on any atom is 0.189 e. The average molecular weight is 1910 g/mol. The minimum Gasteiger partial charge on any atom is -0.311 e. The molecule has 150 heavy (non-hydrogen) atoms. The largest absolute Gasteiger partial charge is 0.311 e. The summed E-state index contributed by atoms with van der Waals surface area (Å²) in [5.74, 6) is 0. The van der Waals surface area contributed by atoms with Crippen molar-refractivity contribution in [1.29, 1.82) is 36.8 Å². The Hall–Kier alpha value is -22.2. The first kappa shape index (κ1) is 89.2. The van der Waals surface area contributed by atoms with Gasteiger partial charge in [-0.15, -0.1) is 0 Å². The minimum atomic E-state index is 0.547. The number of para-hydroxylation sites is 9. The number of benzene rings is 21. The summed E-state index contributed by atoms with van der Waals surface area (Å²) in [6.07, 6.45) is 0. The van der Waals surface area contributed by atoms with E-state index in [4.69, 9.17) is 13.1 Å². The lowest BCUT2D eigenvalue weighted by atomic mass is 9.92. The van der Waals surface area contributed by atoms with Gasteiger partial charge in [0.25, 0.3) is 0 Å². The summed E-state index contributed by atoms with van der Waals surface area (Å²) in [7, 11) is 0. The van der Waals surface area contributed by atoms with Crippen molar-refractivity contribution in [1.82, 2.24) is 27.4 Å². The molecule has 6 heterocycles. The van der Waals surface area contributed by atoms with Crippen LogP contribution in [0.3, 0.4) is 0 Å². The third kappa shape index (κ3) is 14.9. The fourth-order valence-corrected chi connectivity index (χ4v) is 22.2. The summed E-state index contributed by atoms with van der Waals surface area (Å²) in [6, 6.07) is 169. The van der Waals surface area contributed by atoms with Gasteiger partial charge in [-0.3, -0.25) is 0 Å². The van der Waals surface area contributed by atoms with Gasteiger partial charge in [0.2, 0.25) is 0 Å². The summed E-state index contributed by atoms with van der Waals surface area (Å²) in [5.41, 5.74) is 35.6. The number of hydrogen-bond donors (Lipinski definition) is 0. The first-order chi connectivity index (χ1) is 74.0. The molecule has 27 aromatic rings. The maximum atomic E-state index is 9.96. The number of hydrogen-bond acceptors (Lipinski definition) is 7. The minimum absolute atomic E-state index is 0.547. The average Bonchev–Trinajstić information content (AvgIpc) is 1.59. The SMILES string of the molecule is N#Cc1ccc(-c2ccccc2-n2c3ccccc3c3ccccc32)c(-c2ccc(-n3c4ccc(C#N)cc4c4c(C#N)cccc43)cc2)c1.[C-]#[N+]c1ccc2c(c1)c1cc(C#N)ccc1n2-c1ccc(-c2cc(C#N)ccc2-c2ccccc2-n2c3ccccc3c3ccccc32)cc1.[C-]#[N+]c1ccc2c3cc(C#N)ccc3n(-c3ccc(-c4cc(C#N)ccc4-c4ccccc4-n4c5ccccc5c5ccccc54)cc3)c2c1. The standard InChI is InChI=1S/3C45H25N5/c1-48-32-18-22-38-40-25-30(28-47)15-23-44(40)49(45(38)26-32)33-19-16-31(17-20-33)39-24-29(27-46)14-21-34(39)35-8-2-5-11-41(35)50-42-12-6-3-9-36(42)37-10-4-7-13-43(37)50;1-48-32-18-23-45-40(26-32)39-25-30(28-47)15-22-44(39)49(45)33-19-16-31(17-20-33)38-24-29(27-46)14-21-34(38)35-8-2-5-11-41(35)50-42-12-6-3-9-36(42)37-10-4-7-13-43(37)50;46-26-29-16-22-34(35-9-1-4-12-40(35)50-41-13-5-2-10-36(41)37-11-3-6-14-42(37)50)38(24-29)31-18-20-33(21-19-31)49-43-23-17-30(27-47)25-39(43)45-32(28-48)8-7-15-44(45)49/h2*2-26H;1-25H. The molecule has 0 saturated carbocycles. The first-order valence-corrected chi connectivity index (χ1v) is 48.8. The van der Waals surface area contributed by atoms with E-state index in [0.29, 0.717) is 50.3 Å². The molecule has 15 heteroatoms. The Morgan fingerprint density at radius 2 is 0.427 bits per heavy atom. The lowest BCUT2D eigenvalue weighted by Crippen LogP contribution is -1.98. The Kier molecular flexibility index (Phi) is 22.0. The van der Waals surface area contributed by atoms with Gasteiger partial charge in [-0.05, 0) is 268 Å². The van der Waals surface area contributed by atoms with Crippen LogP contribution in [-0.4, -0.2) is 27.4 Å². The van der Waals surface area contributed by atoms with Gasteiger partial charge in [0.1, 0.15) is 0 Å². The normalized spacial score (nSPS) is 11.1. The zero-order valence-corrected chi connectivity index (χ0v) is 80.0. The molecule has 27 rings (SSSR count). The molecule has 0 unspecified atom stereocenters. The van der Waals surface area contributed by atoms with Crippen molar-refractivity contribution in [2.24, 2.45) is 0 Å². The predicted molar refractivity (Wildman–Crippen MR) is 604 cm³/mol. The summed E-state index contributed by atoms with van der Waals surface area (Å²) in [5, 5.41) is 81.4. The molecule has 690 valence electrons. The van der Waals surface area contributed by atoms with E-state index in [1.165, 1.54) is 32.3 Å². The molecular weight excluding hydrogens is 1830 g/mol. The summed E-state index contributed by atoms with van der Waals surface area (Å²) in [4.78, 5) is 7.33. The third-order valence-electron chi connectivity index (χ3n) is 28.9. The van der Waals surface area contributed by atoms with Crippen LogP contribution >= 0.6 is 0 Å². The molecule has 0 aliphatic rings. The highest BCUT2D eigenvalue weighted by Crippen LogP contribution is 2.48. The Balaban J connectivity index is 0.000000116. The second-order valence-corrected chi connectivity index (χ2v) is 36.9. The molecule has 0 saturated heterocycles. The molecule has 0 fully saturated rings. The van der Waals surface area contributed by atoms with Gasteiger partial charge >= 0.3 is 0 Å². The summed E-state index contributed by atoms with van der Waals surface area (Å²) < 4.78 is 13.5. The molecule has 0 radical (unpaired) electrons. The van der Waals surface area contributed by atoms with Crippen LogP contribution in [0.25, 0.3) is 241 Å². The number of fused-ring (bicyclic) bond motifs is 18. The molecule has 0 amide bonds. The molecule has 15 nitrogen and oxygen atoms in total. The van der Waals surface area contributed by atoms with Gasteiger partial charge in [0.05, 0.1) is 172 Å². The van der Waals surface area contributed by atoms with E-state index in [9.17, 15) is 36.8 Å². The van der Waals surface area contributed by atoms with Crippen LogP contribution in [0.4, 0.5) is 11.4 Å². The van der Waals surface area contributed by atoms with E-state index in [1.54, 1.807) is 0 Å². The lowest BCUT2D eigenvalue weighted by Gasteiger charge is -2.17. The van der Waals surface area contributed by atoms with E-state index < -0.39 is 0 Å². The van der Waals surface area contributed by atoms with Crippen LogP contribution in [0.15, 0.2) is 455 Å². The van der Waals surface area contributed by atoms with Gasteiger partial charge in [-0.25, -0.2) is 9.69 Å². The summed E-state index contributed by atoms with van der Waals surface area (Å²) >= 11 is 0. The fraction of sp³-hybridized carbons (Fsp3) is 0. The van der Waals surface area contributed by atoms with Crippen molar-refractivity contribution in [2.75, 3.05) is 0 Å². The zero-order valence-electron chi connectivity index (χ0n) is 80.0. The van der Waals surface area contributed by atoms with Gasteiger partial charge in [-0.1, -0.05) is 243 Å². The van der Waals surface area contributed by atoms with Crippen LogP contribution < -0.4 is 0 Å². The van der Waals surface area contributed by atoms with Gasteiger partial charge in [0, 0.05) is 98.5 Å². The second-order valence-electron chi connectivity index (χ2n) is 36.9. The maximum absolute atomic E-state index is 9.96. The van der Waals surface area contributed by atoms with E-state index in [2.05, 4.69) is 389 Å². The first-order valence-electron chi connectivity index (χ1n) is 48.8. The highest BCUT2D eigenvalue weighted by Gasteiger charge is 2.27. The molecule has 0 atom stereocenters. The number of rotatable bonds is 12. The van der Waals surface area contributed by atoms with Crippen molar-refractivity contribution in [2.45, 2.75) is 0 Å². The Labute approximate surface area is 860 Å². The lowest BCUT2D eigenvalue weighted by molar-refractivity contribution is 1.18. The van der Waals surface area contributed by atoms with Crippen molar-refractivity contribution in [3.8, 4) is 143 Å². The number of nitrogens with zero attached hydrogens (tertiary/aromatic N) is 15. The molecule has 21 aromatic carbocycles. The topological polar surface area (TPSA) is 205 Å². The molecule has 6 aromatic heterocycles. The Morgan fingerprint density at radius 3 is 0.780 bits per heavy atom. The Bertz CT molecular complexity index is 10300. The summed E-state index contributed by atoms with van der Waals surface area (Å²) in [6.45, 7) is 15.2. The third-order valence-corrected chi connectivity index (χ3v) is 28.9. The fourth-order valence-electron chi connectivity index (χ4n) is 22.2. The number of nitriles is 7. The van der Waals surface area contributed by atoms with Crippen LogP contribution in [0.5, 0.6) is 0 Å². The molecule has 0 spiro atoms. The second kappa shape index (κ2) is 37.0. The predicted octanol–water partition coefficient (Wildman–Crippen LogP) is 33.8. The van der Waals surface area contributed by atoms with Gasteiger partial charge in [0.15, 0.2) is 11.4 Å². The van der Waals surface area contributed by atoms with Crippen molar-refractivity contribution in [3.05, 3.63) is 517 Å².